The quantitative estimate of drug-likeness (QED) is 0.209. The number of benzene rings is 1. The predicted octanol–water partition coefficient (Wildman–Crippen LogP) is 6.17. The number of carbonyl (C=O) groups excluding carboxylic acids is 2. The van der Waals surface area contributed by atoms with E-state index in [9.17, 15) is 22.8 Å². The van der Waals surface area contributed by atoms with E-state index in [0.717, 1.165) is 25.3 Å². The third-order valence-corrected chi connectivity index (χ3v) is 5.79. The Hall–Kier alpha value is -2.05. The van der Waals surface area contributed by atoms with Crippen molar-refractivity contribution in [2.24, 2.45) is 0 Å². The topological polar surface area (TPSA) is 46.6 Å². The maximum atomic E-state index is 14.0. The van der Waals surface area contributed by atoms with Crippen LogP contribution >= 0.6 is 0 Å². The van der Waals surface area contributed by atoms with Gasteiger partial charge in [-0.25, -0.2) is 18.0 Å². The molecule has 1 aromatic carbocycles. The first-order valence-electron chi connectivity index (χ1n) is 11.6. The molecule has 0 saturated carbocycles. The third kappa shape index (κ3) is 7.54. The van der Waals surface area contributed by atoms with Gasteiger partial charge >= 0.3 is 5.97 Å². The monoisotopic (exact) mass is 441 g/mol. The number of ether oxygens (including phenoxy) is 1. The van der Waals surface area contributed by atoms with Crippen LogP contribution in [0.1, 0.15) is 94.3 Å². The number of hydrogen-bond acceptors (Lipinski definition) is 3. The summed E-state index contributed by atoms with van der Waals surface area (Å²) >= 11 is 0. The molecule has 1 amide bonds. The van der Waals surface area contributed by atoms with Gasteiger partial charge in [-0.05, 0) is 31.4 Å². The minimum Gasteiger partial charge on any atom is -0.464 e. The molecule has 1 fully saturated rings. The molecule has 1 aliphatic rings. The van der Waals surface area contributed by atoms with Crippen LogP contribution in [0.5, 0.6) is 0 Å². The van der Waals surface area contributed by atoms with E-state index in [-0.39, 0.29) is 13.2 Å². The summed E-state index contributed by atoms with van der Waals surface area (Å²) in [6.45, 7) is 2.74. The van der Waals surface area contributed by atoms with Crippen molar-refractivity contribution in [3.63, 3.8) is 0 Å². The Morgan fingerprint density at radius 2 is 1.55 bits per heavy atom. The van der Waals surface area contributed by atoms with E-state index in [4.69, 9.17) is 4.74 Å². The van der Waals surface area contributed by atoms with E-state index in [1.54, 1.807) is 0 Å². The van der Waals surface area contributed by atoms with Crippen LogP contribution in [0.25, 0.3) is 0 Å². The fraction of sp³-hybridized carbons (Fsp3) is 0.667. The third-order valence-electron chi connectivity index (χ3n) is 5.79. The van der Waals surface area contributed by atoms with Gasteiger partial charge in [0.1, 0.15) is 6.04 Å². The lowest BCUT2D eigenvalue weighted by atomic mass is 10.1. The molecular formula is C24H34F3NO3. The number of unbranched alkanes of at least 4 members (excludes halogenated alkanes) is 9. The van der Waals surface area contributed by atoms with Crippen molar-refractivity contribution in [1.29, 1.82) is 0 Å². The Bertz CT molecular complexity index is 726. The van der Waals surface area contributed by atoms with E-state index in [1.807, 2.05) is 0 Å². The second-order valence-corrected chi connectivity index (χ2v) is 8.23. The van der Waals surface area contributed by atoms with Crippen LogP contribution in [-0.2, 0) is 9.53 Å². The molecule has 1 unspecified atom stereocenters. The molecule has 1 aliphatic heterocycles. The minimum atomic E-state index is -1.69. The number of nitrogens with zero attached hydrogens (tertiary/aromatic N) is 1. The summed E-state index contributed by atoms with van der Waals surface area (Å²) in [5, 5.41) is 0. The van der Waals surface area contributed by atoms with Gasteiger partial charge in [0.15, 0.2) is 17.5 Å². The highest BCUT2D eigenvalue weighted by Crippen LogP contribution is 2.24. The lowest BCUT2D eigenvalue weighted by Gasteiger charge is -2.23. The van der Waals surface area contributed by atoms with Crippen LogP contribution < -0.4 is 0 Å². The van der Waals surface area contributed by atoms with Crippen LogP contribution in [0.4, 0.5) is 13.2 Å². The Balaban J connectivity index is 1.70. The van der Waals surface area contributed by atoms with Gasteiger partial charge in [-0.1, -0.05) is 64.7 Å². The van der Waals surface area contributed by atoms with Crippen LogP contribution in [0, 0.1) is 17.5 Å². The first-order valence-corrected chi connectivity index (χ1v) is 11.6. The average Bonchev–Trinajstić information content (AvgIpc) is 3.25. The van der Waals surface area contributed by atoms with Crippen molar-refractivity contribution in [2.45, 2.75) is 90.0 Å². The Kier molecular flexibility index (Phi) is 10.9. The van der Waals surface area contributed by atoms with E-state index in [2.05, 4.69) is 6.92 Å². The molecule has 174 valence electrons. The molecule has 0 N–H and O–H groups in total. The maximum Gasteiger partial charge on any atom is 0.328 e. The molecule has 1 aromatic rings. The molecule has 1 saturated heterocycles. The van der Waals surface area contributed by atoms with E-state index in [0.29, 0.717) is 18.9 Å². The highest BCUT2D eigenvalue weighted by Gasteiger charge is 2.37. The van der Waals surface area contributed by atoms with Crippen LogP contribution in [0.3, 0.4) is 0 Å². The first-order chi connectivity index (χ1) is 15.0. The van der Waals surface area contributed by atoms with Crippen molar-refractivity contribution in [2.75, 3.05) is 13.2 Å². The number of halogens is 3. The normalized spacial score (nSPS) is 16.0. The van der Waals surface area contributed by atoms with Gasteiger partial charge < -0.3 is 9.64 Å². The molecule has 0 radical (unpaired) electrons. The zero-order valence-electron chi connectivity index (χ0n) is 18.4. The van der Waals surface area contributed by atoms with E-state index in [1.165, 1.54) is 49.8 Å². The van der Waals surface area contributed by atoms with Gasteiger partial charge in [0.2, 0.25) is 0 Å². The number of esters is 1. The maximum absolute atomic E-state index is 14.0. The van der Waals surface area contributed by atoms with E-state index >= 15 is 0 Å². The summed E-state index contributed by atoms with van der Waals surface area (Å²) in [7, 11) is 0. The van der Waals surface area contributed by atoms with Crippen LogP contribution in [0.2, 0.25) is 0 Å². The van der Waals surface area contributed by atoms with Gasteiger partial charge in [-0.15, -0.1) is 0 Å². The molecule has 7 heteroatoms. The average molecular weight is 442 g/mol. The van der Waals surface area contributed by atoms with Crippen molar-refractivity contribution in [1.82, 2.24) is 4.90 Å². The smallest absolute Gasteiger partial charge is 0.328 e. The fourth-order valence-electron chi connectivity index (χ4n) is 3.96. The predicted molar refractivity (Wildman–Crippen MR) is 113 cm³/mol. The molecular weight excluding hydrogens is 407 g/mol. The van der Waals surface area contributed by atoms with Gasteiger partial charge in [-0.2, -0.15) is 0 Å². The highest BCUT2D eigenvalue weighted by molar-refractivity contribution is 5.97. The molecule has 1 heterocycles. The molecule has 1 atom stereocenters. The van der Waals surface area contributed by atoms with Gasteiger partial charge in [0.05, 0.1) is 12.2 Å². The zero-order chi connectivity index (χ0) is 22.6. The summed E-state index contributed by atoms with van der Waals surface area (Å²) in [6.07, 6.45) is 12.7. The summed E-state index contributed by atoms with van der Waals surface area (Å²) in [4.78, 5) is 26.2. The summed E-state index contributed by atoms with van der Waals surface area (Å²) in [6, 6.07) is 0.795. The minimum absolute atomic E-state index is 0.245. The van der Waals surface area contributed by atoms with Gasteiger partial charge in [0, 0.05) is 6.54 Å². The fourth-order valence-corrected chi connectivity index (χ4v) is 3.96. The lowest BCUT2D eigenvalue weighted by Crippen LogP contribution is -2.42. The van der Waals surface area contributed by atoms with Crippen molar-refractivity contribution in [3.8, 4) is 0 Å². The summed E-state index contributed by atoms with van der Waals surface area (Å²) in [5.41, 5.74) is -0.576. The highest BCUT2D eigenvalue weighted by atomic mass is 19.2. The number of hydrogen-bond donors (Lipinski definition) is 0. The SMILES string of the molecule is CCCCCCCCCCCCOC(=O)C1CCCN1C(=O)c1ccc(F)c(F)c1F. The number of amides is 1. The van der Waals surface area contributed by atoms with Gasteiger partial charge in [-0.3, -0.25) is 4.79 Å². The standard InChI is InChI=1S/C24H34F3NO3/c1-2-3-4-5-6-7-8-9-10-11-17-31-24(30)20-13-12-16-28(20)23(29)18-14-15-19(25)22(27)21(18)26/h14-15,20H,2-13,16-17H2,1H3. The number of rotatable bonds is 13. The molecule has 31 heavy (non-hydrogen) atoms. The molecule has 0 spiro atoms. The Labute approximate surface area is 183 Å². The van der Waals surface area contributed by atoms with E-state index < -0.39 is 40.9 Å². The Morgan fingerprint density at radius 1 is 0.935 bits per heavy atom. The summed E-state index contributed by atoms with van der Waals surface area (Å²) < 4.78 is 45.9. The van der Waals surface area contributed by atoms with Crippen molar-refractivity contribution in [3.05, 3.63) is 35.1 Å². The zero-order valence-corrected chi connectivity index (χ0v) is 18.4. The molecule has 0 aromatic heterocycles. The van der Waals surface area contributed by atoms with Crippen LogP contribution in [0.15, 0.2) is 12.1 Å². The molecule has 4 nitrogen and oxygen atoms in total. The largest absolute Gasteiger partial charge is 0.464 e. The number of carbonyl (C=O) groups is 2. The molecule has 0 bridgehead atoms. The second kappa shape index (κ2) is 13.4. The lowest BCUT2D eigenvalue weighted by molar-refractivity contribution is -0.148. The van der Waals surface area contributed by atoms with Crippen molar-refractivity contribution < 1.29 is 27.5 Å². The first kappa shape index (κ1) is 25.2. The number of likely N-dealkylation sites (tertiary alicyclic amines) is 1. The van der Waals surface area contributed by atoms with Gasteiger partial charge in [0.25, 0.3) is 5.91 Å². The molecule has 2 rings (SSSR count). The van der Waals surface area contributed by atoms with Crippen molar-refractivity contribution >= 4 is 11.9 Å². The molecule has 0 aliphatic carbocycles. The summed E-state index contributed by atoms with van der Waals surface area (Å²) in [5.74, 6) is -5.93. The second-order valence-electron chi connectivity index (χ2n) is 8.23. The Morgan fingerprint density at radius 3 is 2.19 bits per heavy atom. The van der Waals surface area contributed by atoms with Crippen LogP contribution in [-0.4, -0.2) is 36.0 Å².